The fourth-order valence-corrected chi connectivity index (χ4v) is 5.46. The van der Waals surface area contributed by atoms with E-state index in [0.29, 0.717) is 53.6 Å². The van der Waals surface area contributed by atoms with Gasteiger partial charge in [0.05, 0.1) is 23.9 Å². The molecular formula is C30H38N6O6. The number of fused-ring (bicyclic) bond motifs is 1. The number of carboxylic acids is 1. The van der Waals surface area contributed by atoms with Crippen molar-refractivity contribution >= 4 is 46.6 Å². The van der Waals surface area contributed by atoms with Crippen molar-refractivity contribution in [3.8, 4) is 5.75 Å². The highest BCUT2D eigenvalue weighted by Crippen LogP contribution is 2.37. The summed E-state index contributed by atoms with van der Waals surface area (Å²) in [6.07, 6.45) is 3.38. The van der Waals surface area contributed by atoms with Gasteiger partial charge in [0.2, 0.25) is 6.41 Å². The zero-order valence-electron chi connectivity index (χ0n) is 24.0. The van der Waals surface area contributed by atoms with Gasteiger partial charge in [-0.05, 0) is 43.9 Å². The number of nitrogens with zero attached hydrogens (tertiary/aromatic N) is 3. The summed E-state index contributed by atoms with van der Waals surface area (Å²) in [6, 6.07) is 13.3. The van der Waals surface area contributed by atoms with E-state index in [1.54, 1.807) is 17.0 Å². The van der Waals surface area contributed by atoms with Crippen LogP contribution in [0.3, 0.4) is 0 Å². The molecule has 3 amide bonds. The van der Waals surface area contributed by atoms with E-state index in [4.69, 9.17) is 10.5 Å². The van der Waals surface area contributed by atoms with Gasteiger partial charge in [-0.15, -0.1) is 0 Å². The Labute approximate surface area is 244 Å². The number of primary amides is 1. The Morgan fingerprint density at radius 3 is 2.31 bits per heavy atom. The first kappa shape index (κ1) is 30.4. The molecule has 224 valence electrons. The van der Waals surface area contributed by atoms with Crippen LogP contribution in [0.1, 0.15) is 28.8 Å². The van der Waals surface area contributed by atoms with E-state index >= 15 is 0 Å². The quantitative estimate of drug-likeness (QED) is 0.180. The van der Waals surface area contributed by atoms with E-state index in [1.807, 2.05) is 30.1 Å². The minimum atomic E-state index is -1.52. The summed E-state index contributed by atoms with van der Waals surface area (Å²) >= 11 is 0. The number of aromatic amines is 1. The number of nitrogens with one attached hydrogen (secondary N) is 2. The molecule has 1 aromatic heterocycles. The number of piperazine rings is 1. The van der Waals surface area contributed by atoms with Gasteiger partial charge in [-0.1, -0.05) is 30.3 Å². The average molecular weight is 579 g/mol. The number of ether oxygens (including phenoxy) is 1. The smallest absolute Gasteiger partial charge is 0.377 e. The highest BCUT2D eigenvalue weighted by molar-refractivity contribution is 6.43. The Morgan fingerprint density at radius 1 is 1.07 bits per heavy atom. The molecule has 2 aliphatic rings. The molecule has 0 radical (unpaired) electrons. The molecule has 3 aromatic rings. The summed E-state index contributed by atoms with van der Waals surface area (Å²) in [5, 5.41) is 12.4. The Morgan fingerprint density at radius 2 is 1.74 bits per heavy atom. The third-order valence-electron chi connectivity index (χ3n) is 7.85. The summed E-state index contributed by atoms with van der Waals surface area (Å²) in [4.78, 5) is 54.9. The molecule has 2 aromatic carbocycles. The number of ketones is 1. The van der Waals surface area contributed by atoms with Gasteiger partial charge in [-0.2, -0.15) is 0 Å². The number of amides is 3. The first-order valence-electron chi connectivity index (χ1n) is 13.9. The van der Waals surface area contributed by atoms with Crippen LogP contribution in [-0.4, -0.2) is 97.5 Å². The predicted octanol–water partition coefficient (Wildman–Crippen LogP) is 2.78. The van der Waals surface area contributed by atoms with Crippen LogP contribution in [0.15, 0.2) is 42.5 Å². The van der Waals surface area contributed by atoms with E-state index in [1.165, 1.54) is 12.7 Å². The molecule has 0 unspecified atom stereocenters. The summed E-state index contributed by atoms with van der Waals surface area (Å²) < 4.78 is 5.32. The highest BCUT2D eigenvalue weighted by Gasteiger charge is 2.30. The molecule has 2 aliphatic heterocycles. The number of rotatable bonds is 8. The summed E-state index contributed by atoms with van der Waals surface area (Å²) in [5.74, 6) is -1.07. The van der Waals surface area contributed by atoms with Crippen LogP contribution < -0.4 is 20.7 Å². The molecule has 0 spiro atoms. The number of carboxylic acid groups (broad SMARTS) is 1. The SMILES string of the molecule is CN1CCN(C(N)=O)CC1.COc1cc2[nH]c(N3CCC(Cc4ccccc4)CC3)c(C(=O)C(=O)O)c2cc1NC=O. The number of carbonyl (C=O) groups excluding carboxylic acids is 3. The molecule has 12 nitrogen and oxygen atoms in total. The Hall–Kier alpha value is -4.58. The van der Waals surface area contributed by atoms with Gasteiger partial charge >= 0.3 is 12.0 Å². The summed E-state index contributed by atoms with van der Waals surface area (Å²) in [5.41, 5.74) is 7.43. The summed E-state index contributed by atoms with van der Waals surface area (Å²) in [7, 11) is 3.51. The van der Waals surface area contributed by atoms with Crippen molar-refractivity contribution in [1.82, 2.24) is 14.8 Å². The van der Waals surface area contributed by atoms with Crippen molar-refractivity contribution in [3.05, 3.63) is 53.6 Å². The van der Waals surface area contributed by atoms with E-state index in [9.17, 15) is 24.3 Å². The number of methoxy groups -OCH3 is 1. The van der Waals surface area contributed by atoms with Crippen LogP contribution in [0.2, 0.25) is 0 Å². The molecule has 12 heteroatoms. The molecule has 5 N–H and O–H groups in total. The predicted molar refractivity (Wildman–Crippen MR) is 160 cm³/mol. The fourth-order valence-electron chi connectivity index (χ4n) is 5.46. The number of nitrogens with two attached hydrogens (primary N) is 1. The van der Waals surface area contributed by atoms with Crippen molar-refractivity contribution in [3.63, 3.8) is 0 Å². The minimum Gasteiger partial charge on any atom is -0.494 e. The molecule has 0 saturated carbocycles. The third kappa shape index (κ3) is 7.19. The van der Waals surface area contributed by atoms with Gasteiger partial charge in [0.25, 0.3) is 5.78 Å². The Bertz CT molecular complexity index is 1410. The number of piperidine rings is 1. The van der Waals surface area contributed by atoms with Gasteiger partial charge in [0.15, 0.2) is 0 Å². The second-order valence-electron chi connectivity index (χ2n) is 10.6. The number of benzene rings is 2. The number of aromatic nitrogens is 1. The molecule has 0 atom stereocenters. The fraction of sp³-hybridized carbons (Fsp3) is 0.400. The van der Waals surface area contributed by atoms with Gasteiger partial charge < -0.3 is 40.6 Å². The third-order valence-corrected chi connectivity index (χ3v) is 7.85. The number of hydrogen-bond acceptors (Lipinski definition) is 7. The first-order chi connectivity index (χ1) is 20.2. The molecule has 3 heterocycles. The number of urea groups is 1. The second kappa shape index (κ2) is 13.9. The van der Waals surface area contributed by atoms with Gasteiger partial charge in [-0.3, -0.25) is 9.59 Å². The molecular weight excluding hydrogens is 540 g/mol. The van der Waals surface area contributed by atoms with Crippen molar-refractivity contribution in [2.75, 3.05) is 63.6 Å². The van der Waals surface area contributed by atoms with E-state index in [-0.39, 0.29) is 11.6 Å². The van der Waals surface area contributed by atoms with E-state index in [0.717, 1.165) is 45.4 Å². The lowest BCUT2D eigenvalue weighted by Crippen LogP contribution is -2.49. The lowest BCUT2D eigenvalue weighted by atomic mass is 9.90. The zero-order chi connectivity index (χ0) is 30.2. The monoisotopic (exact) mass is 578 g/mol. The van der Waals surface area contributed by atoms with Crippen LogP contribution in [-0.2, 0) is 16.0 Å². The standard InChI is InChI=1S/C24H25N3O5.C6H13N3O/c1-32-20-13-18-17(12-19(20)25-14-28)21(22(29)24(30)31)23(26-18)27-9-7-16(8-10-27)11-15-5-3-2-4-6-15;1-8-2-4-9(5-3-8)6(7)10/h2-6,12-14,16,26H,7-11H2,1H3,(H,25,28)(H,30,31);2-5H2,1H3,(H2,7,10). The van der Waals surface area contributed by atoms with Crippen LogP contribution >= 0.6 is 0 Å². The minimum absolute atomic E-state index is 0.102. The van der Waals surface area contributed by atoms with E-state index < -0.39 is 11.8 Å². The van der Waals surface area contributed by atoms with Crippen molar-refractivity contribution < 1.29 is 29.0 Å². The molecule has 5 rings (SSSR count). The van der Waals surface area contributed by atoms with E-state index in [2.05, 4.69) is 27.3 Å². The number of aliphatic carboxylic acids is 1. The van der Waals surface area contributed by atoms with Crippen LogP contribution in [0, 0.1) is 5.92 Å². The average Bonchev–Trinajstić information content (AvgIpc) is 3.36. The molecule has 42 heavy (non-hydrogen) atoms. The van der Waals surface area contributed by atoms with Crippen molar-refractivity contribution in [2.45, 2.75) is 19.3 Å². The number of Topliss-reactive ketones (excluding diaryl/α,β-unsaturated/α-hetero) is 1. The lowest BCUT2D eigenvalue weighted by Gasteiger charge is -2.33. The van der Waals surface area contributed by atoms with Crippen LogP contribution in [0.5, 0.6) is 5.75 Å². The highest BCUT2D eigenvalue weighted by atomic mass is 16.5. The molecule has 2 saturated heterocycles. The Kier molecular flexibility index (Phi) is 10.0. The van der Waals surface area contributed by atoms with Gasteiger partial charge in [0, 0.05) is 50.7 Å². The lowest BCUT2D eigenvalue weighted by molar-refractivity contribution is -0.131. The van der Waals surface area contributed by atoms with Crippen LogP contribution in [0.4, 0.5) is 16.3 Å². The molecule has 0 bridgehead atoms. The first-order valence-corrected chi connectivity index (χ1v) is 13.9. The second-order valence-corrected chi connectivity index (χ2v) is 10.6. The topological polar surface area (TPSA) is 161 Å². The zero-order valence-corrected chi connectivity index (χ0v) is 24.0. The maximum Gasteiger partial charge on any atom is 0.377 e. The number of anilines is 2. The van der Waals surface area contributed by atoms with Gasteiger partial charge in [0.1, 0.15) is 11.6 Å². The molecule has 2 fully saturated rings. The summed E-state index contributed by atoms with van der Waals surface area (Å²) in [6.45, 7) is 4.82. The Balaban J connectivity index is 0.000000343. The maximum atomic E-state index is 12.6. The van der Waals surface area contributed by atoms with Crippen molar-refractivity contribution in [2.24, 2.45) is 11.7 Å². The largest absolute Gasteiger partial charge is 0.494 e. The number of likely N-dealkylation sites (N-methyl/N-ethyl adjacent to an activating group) is 1. The number of carbonyl (C=O) groups is 4. The number of H-pyrrole nitrogens is 1. The number of hydrogen-bond donors (Lipinski definition) is 4. The van der Waals surface area contributed by atoms with Crippen molar-refractivity contribution in [1.29, 1.82) is 0 Å². The van der Waals surface area contributed by atoms with Gasteiger partial charge in [-0.25, -0.2) is 9.59 Å². The molecule has 0 aliphatic carbocycles. The normalized spacial score (nSPS) is 16.0. The van der Waals surface area contributed by atoms with Crippen LogP contribution in [0.25, 0.3) is 10.9 Å². The maximum absolute atomic E-state index is 12.6.